The molecule has 0 N–H and O–H groups in total. The van der Waals surface area contributed by atoms with Crippen molar-refractivity contribution in [3.8, 4) is 0 Å². The Kier molecular flexibility index (Phi) is 2.54. The minimum absolute atomic E-state index is 0.824. The van der Waals surface area contributed by atoms with E-state index in [1.54, 1.807) is 0 Å². The summed E-state index contributed by atoms with van der Waals surface area (Å²) in [7, 11) is 0. The summed E-state index contributed by atoms with van der Waals surface area (Å²) in [5.74, 6) is 0. The highest BCUT2D eigenvalue weighted by Gasteiger charge is 2.26. The molecular formula is C12H19N. The van der Waals surface area contributed by atoms with Gasteiger partial charge in [0, 0.05) is 19.1 Å². The largest absolute Gasteiger partial charge is 0.292 e. The van der Waals surface area contributed by atoms with E-state index >= 15 is 0 Å². The van der Waals surface area contributed by atoms with Crippen molar-refractivity contribution >= 4 is 0 Å². The van der Waals surface area contributed by atoms with E-state index < -0.39 is 0 Å². The van der Waals surface area contributed by atoms with Gasteiger partial charge in [0.25, 0.3) is 0 Å². The minimum Gasteiger partial charge on any atom is -0.292 e. The Balaban J connectivity index is 1.94. The molecule has 2 rings (SSSR count). The first kappa shape index (κ1) is 9.01. The van der Waals surface area contributed by atoms with Gasteiger partial charge < -0.3 is 0 Å². The highest BCUT2D eigenvalue weighted by molar-refractivity contribution is 5.33. The van der Waals surface area contributed by atoms with Crippen LogP contribution >= 0.6 is 0 Å². The van der Waals surface area contributed by atoms with Crippen LogP contribution in [0, 0.1) is 0 Å². The molecule has 1 saturated carbocycles. The lowest BCUT2D eigenvalue weighted by molar-refractivity contribution is 0.200. The van der Waals surface area contributed by atoms with Gasteiger partial charge >= 0.3 is 0 Å². The first-order valence-corrected chi connectivity index (χ1v) is 5.37. The molecule has 1 nitrogen and oxygen atoms in total. The van der Waals surface area contributed by atoms with Crippen molar-refractivity contribution in [1.29, 1.82) is 0 Å². The molecule has 1 heteroatoms. The van der Waals surface area contributed by atoms with Crippen molar-refractivity contribution in [2.24, 2.45) is 0 Å². The Morgan fingerprint density at radius 3 is 2.00 bits per heavy atom. The van der Waals surface area contributed by atoms with E-state index in [4.69, 9.17) is 0 Å². The molecule has 2 fully saturated rings. The summed E-state index contributed by atoms with van der Waals surface area (Å²) in [4.78, 5) is 2.56. The molecule has 0 aromatic rings. The van der Waals surface area contributed by atoms with E-state index in [9.17, 15) is 0 Å². The summed E-state index contributed by atoms with van der Waals surface area (Å²) in [6, 6.07) is 0.824. The molecule has 72 valence electrons. The SMILES string of the molecule is C=C1CN(C2CCCCC2)CC1=C. The minimum atomic E-state index is 0.824. The van der Waals surface area contributed by atoms with Crippen LogP contribution in [0.4, 0.5) is 0 Å². The first-order valence-electron chi connectivity index (χ1n) is 5.37. The lowest BCUT2D eigenvalue weighted by atomic mass is 9.94. The smallest absolute Gasteiger partial charge is 0.0237 e. The molecule has 0 bridgehead atoms. The van der Waals surface area contributed by atoms with Crippen molar-refractivity contribution in [1.82, 2.24) is 4.90 Å². The molecule has 13 heavy (non-hydrogen) atoms. The maximum absolute atomic E-state index is 4.04. The fraction of sp³-hybridized carbons (Fsp3) is 0.667. The van der Waals surface area contributed by atoms with E-state index in [2.05, 4.69) is 18.1 Å². The highest BCUT2D eigenvalue weighted by atomic mass is 15.2. The Labute approximate surface area is 81.1 Å². The van der Waals surface area contributed by atoms with Crippen LogP contribution < -0.4 is 0 Å². The summed E-state index contributed by atoms with van der Waals surface area (Å²) in [6.07, 6.45) is 7.05. The average Bonchev–Trinajstić information content (AvgIpc) is 2.49. The molecular weight excluding hydrogens is 158 g/mol. The summed E-state index contributed by atoms with van der Waals surface area (Å²) < 4.78 is 0. The van der Waals surface area contributed by atoms with Crippen LogP contribution in [-0.4, -0.2) is 24.0 Å². The number of hydrogen-bond donors (Lipinski definition) is 0. The molecule has 0 unspecified atom stereocenters. The fourth-order valence-electron chi connectivity index (χ4n) is 2.47. The first-order chi connectivity index (χ1) is 6.27. The van der Waals surface area contributed by atoms with Crippen molar-refractivity contribution in [2.75, 3.05) is 13.1 Å². The molecule has 1 saturated heterocycles. The van der Waals surface area contributed by atoms with Gasteiger partial charge in [-0.15, -0.1) is 0 Å². The summed E-state index contributed by atoms with van der Waals surface area (Å²) in [5.41, 5.74) is 2.51. The van der Waals surface area contributed by atoms with Crippen molar-refractivity contribution in [2.45, 2.75) is 38.1 Å². The molecule has 0 amide bonds. The van der Waals surface area contributed by atoms with Gasteiger partial charge in [0.2, 0.25) is 0 Å². The molecule has 0 spiro atoms. The van der Waals surface area contributed by atoms with E-state index in [1.807, 2.05) is 0 Å². The van der Waals surface area contributed by atoms with Gasteiger partial charge in [-0.1, -0.05) is 32.4 Å². The quantitative estimate of drug-likeness (QED) is 0.595. The Bertz CT molecular complexity index is 207. The van der Waals surface area contributed by atoms with Crippen molar-refractivity contribution in [3.63, 3.8) is 0 Å². The molecule has 0 radical (unpaired) electrons. The Morgan fingerprint density at radius 1 is 0.923 bits per heavy atom. The lowest BCUT2D eigenvalue weighted by Crippen LogP contribution is -2.34. The molecule has 1 aliphatic heterocycles. The second kappa shape index (κ2) is 3.67. The molecule has 1 heterocycles. The third-order valence-electron chi connectivity index (χ3n) is 3.38. The predicted octanol–water partition coefficient (Wildman–Crippen LogP) is 2.75. The number of nitrogens with zero attached hydrogens (tertiary/aromatic N) is 1. The van der Waals surface area contributed by atoms with Gasteiger partial charge in [-0.05, 0) is 24.0 Å². The van der Waals surface area contributed by atoms with Crippen molar-refractivity contribution < 1.29 is 0 Å². The third kappa shape index (κ3) is 1.86. The fourth-order valence-corrected chi connectivity index (χ4v) is 2.47. The summed E-state index contributed by atoms with van der Waals surface area (Å²) >= 11 is 0. The predicted molar refractivity (Wildman–Crippen MR) is 56.7 cm³/mol. The Morgan fingerprint density at radius 2 is 1.46 bits per heavy atom. The van der Waals surface area contributed by atoms with Crippen LogP contribution in [0.3, 0.4) is 0 Å². The monoisotopic (exact) mass is 177 g/mol. The molecule has 1 aliphatic carbocycles. The average molecular weight is 177 g/mol. The second-order valence-corrected chi connectivity index (χ2v) is 4.40. The van der Waals surface area contributed by atoms with E-state index in [0.29, 0.717) is 0 Å². The van der Waals surface area contributed by atoms with Gasteiger partial charge in [-0.3, -0.25) is 4.90 Å². The van der Waals surface area contributed by atoms with Crippen LogP contribution in [0.5, 0.6) is 0 Å². The lowest BCUT2D eigenvalue weighted by Gasteiger charge is -2.30. The zero-order chi connectivity index (χ0) is 9.26. The van der Waals surface area contributed by atoms with Gasteiger partial charge in [0.1, 0.15) is 0 Å². The molecule has 2 aliphatic rings. The van der Waals surface area contributed by atoms with Crippen molar-refractivity contribution in [3.05, 3.63) is 24.3 Å². The second-order valence-electron chi connectivity index (χ2n) is 4.40. The highest BCUT2D eigenvalue weighted by Crippen LogP contribution is 2.28. The normalized spacial score (nSPS) is 27.1. The topological polar surface area (TPSA) is 3.24 Å². The van der Waals surface area contributed by atoms with Crippen LogP contribution in [0.1, 0.15) is 32.1 Å². The van der Waals surface area contributed by atoms with Gasteiger partial charge in [-0.2, -0.15) is 0 Å². The summed E-state index contributed by atoms with van der Waals surface area (Å²) in [5, 5.41) is 0. The number of rotatable bonds is 1. The summed E-state index contributed by atoms with van der Waals surface area (Å²) in [6.45, 7) is 10.2. The maximum Gasteiger partial charge on any atom is 0.0237 e. The number of hydrogen-bond acceptors (Lipinski definition) is 1. The van der Waals surface area contributed by atoms with Crippen LogP contribution in [0.2, 0.25) is 0 Å². The van der Waals surface area contributed by atoms with Crippen LogP contribution in [0.15, 0.2) is 24.3 Å². The third-order valence-corrected chi connectivity index (χ3v) is 3.38. The van der Waals surface area contributed by atoms with E-state index in [1.165, 1.54) is 43.3 Å². The molecule has 0 atom stereocenters. The van der Waals surface area contributed by atoms with E-state index in [0.717, 1.165) is 19.1 Å². The zero-order valence-corrected chi connectivity index (χ0v) is 8.39. The van der Waals surface area contributed by atoms with E-state index in [-0.39, 0.29) is 0 Å². The van der Waals surface area contributed by atoms with Gasteiger partial charge in [0.05, 0.1) is 0 Å². The van der Waals surface area contributed by atoms with Crippen LogP contribution in [-0.2, 0) is 0 Å². The Hall–Kier alpha value is -0.560. The van der Waals surface area contributed by atoms with Crippen LogP contribution in [0.25, 0.3) is 0 Å². The van der Waals surface area contributed by atoms with Gasteiger partial charge in [-0.25, -0.2) is 0 Å². The standard InChI is InChI=1S/C12H19N/c1-10-8-13(9-11(10)2)12-6-4-3-5-7-12/h12H,1-9H2. The zero-order valence-electron chi connectivity index (χ0n) is 8.39. The number of likely N-dealkylation sites (tertiary alicyclic amines) is 1. The molecule has 0 aromatic heterocycles. The molecule has 0 aromatic carbocycles. The maximum atomic E-state index is 4.04. The van der Waals surface area contributed by atoms with Gasteiger partial charge in [0.15, 0.2) is 0 Å².